The van der Waals surface area contributed by atoms with Gasteiger partial charge in [0.25, 0.3) is 0 Å². The van der Waals surface area contributed by atoms with Gasteiger partial charge < -0.3 is 5.48 Å². The van der Waals surface area contributed by atoms with Crippen LogP contribution in [0.1, 0.15) is 0 Å². The summed E-state index contributed by atoms with van der Waals surface area (Å²) in [7, 11) is 0. The van der Waals surface area contributed by atoms with Gasteiger partial charge in [0.05, 0.1) is 0 Å². The predicted molar refractivity (Wildman–Crippen MR) is 2.06 cm³/mol. The molecule has 0 atom stereocenters. The Hall–Kier alpha value is 2.01. The van der Waals surface area contributed by atoms with Crippen LogP contribution in [0.5, 0.6) is 0 Å². The van der Waals surface area contributed by atoms with E-state index < -0.39 is 16.7 Å². The molecule has 0 rings (SSSR count). The molecular formula is Cd2O5W. The molecule has 0 aliphatic carbocycles. The molecule has 0 N–H and O–H groups in total. The van der Waals surface area contributed by atoms with E-state index in [-0.39, 0.29) is 60.1 Å². The van der Waals surface area contributed by atoms with Crippen molar-refractivity contribution in [1.29, 1.82) is 0 Å². The first-order chi connectivity index (χ1) is 2.00. The average molecular weight is 489 g/mol. The van der Waals surface area contributed by atoms with Gasteiger partial charge in [-0.15, -0.1) is 0 Å². The molecule has 0 aliphatic rings. The van der Waals surface area contributed by atoms with Crippen molar-refractivity contribution in [3.8, 4) is 0 Å². The molecule has 5 nitrogen and oxygen atoms in total. The van der Waals surface area contributed by atoms with E-state index in [9.17, 15) is 0 Å². The van der Waals surface area contributed by atoms with E-state index in [1.54, 1.807) is 0 Å². The normalized spacial score (nSPS) is 7.25. The van der Waals surface area contributed by atoms with Gasteiger partial charge in [-0.2, -0.15) is 0 Å². The molecule has 0 bridgehead atoms. The molecule has 0 heterocycles. The van der Waals surface area contributed by atoms with Gasteiger partial charge >= 0.3 is 85.7 Å². The van der Waals surface area contributed by atoms with Crippen molar-refractivity contribution in [2.45, 2.75) is 0 Å². The third-order valence-electron chi connectivity index (χ3n) is 0. The van der Waals surface area contributed by atoms with Crippen molar-refractivity contribution < 1.29 is 91.1 Å². The molecule has 0 aromatic carbocycles. The van der Waals surface area contributed by atoms with E-state index in [0.29, 0.717) is 0 Å². The zero-order valence-electron chi connectivity index (χ0n) is 3.86. The minimum absolute atomic E-state index is 0. The Balaban J connectivity index is -0.0000000267. The average Bonchev–Trinajstić information content (AvgIpc) is 0.722. The number of hydrogen-bond acceptors (Lipinski definition) is 4. The summed E-state index contributed by atoms with van der Waals surface area (Å²) in [4.78, 5) is 0. The summed E-state index contributed by atoms with van der Waals surface area (Å²) in [6, 6.07) is 0. The summed E-state index contributed by atoms with van der Waals surface area (Å²) in [5.74, 6) is 0. The van der Waals surface area contributed by atoms with Crippen LogP contribution in [0.3, 0.4) is 0 Å². The first-order valence-electron chi connectivity index (χ1n) is 0.667. The van der Waals surface area contributed by atoms with Crippen molar-refractivity contribution in [2.75, 3.05) is 0 Å². The molecule has 0 saturated heterocycles. The molecule has 0 radical (unpaired) electrons. The van der Waals surface area contributed by atoms with Crippen LogP contribution in [0.4, 0.5) is 0 Å². The van der Waals surface area contributed by atoms with Gasteiger partial charge in [0.1, 0.15) is 0 Å². The Morgan fingerprint density at radius 2 is 1.00 bits per heavy atom. The SMILES string of the molecule is [Cd+2].[Cd+2].[O-2].[O]=[W](=[O])([O-])[O-]. The van der Waals surface area contributed by atoms with Crippen LogP contribution in [0.25, 0.3) is 0 Å². The van der Waals surface area contributed by atoms with Crippen LogP contribution in [-0.4, -0.2) is 0 Å². The summed E-state index contributed by atoms with van der Waals surface area (Å²) < 4.78 is 34.6. The Morgan fingerprint density at radius 1 is 1.00 bits per heavy atom. The molecule has 0 saturated carbocycles. The van der Waals surface area contributed by atoms with Gasteiger partial charge in [-0.3, -0.25) is 0 Å². The quantitative estimate of drug-likeness (QED) is 0.345. The van der Waals surface area contributed by atoms with Gasteiger partial charge in [-0.25, -0.2) is 0 Å². The van der Waals surface area contributed by atoms with Gasteiger partial charge in [0.15, 0.2) is 0 Å². The molecule has 8 heteroatoms. The third-order valence-corrected chi connectivity index (χ3v) is 0. The van der Waals surface area contributed by atoms with Crippen molar-refractivity contribution >= 4 is 0 Å². The second-order valence-corrected chi connectivity index (χ2v) is 3.34. The standard InChI is InChI=1S/2Cd.5O.W/q2*+2;;;-2;2*-1;. The fraction of sp³-hybridized carbons (Fsp3) is 0. The molecular weight excluding hydrogens is 489 g/mol. The molecule has 8 heavy (non-hydrogen) atoms. The van der Waals surface area contributed by atoms with Crippen molar-refractivity contribution in [3.05, 3.63) is 0 Å². The molecule has 0 amide bonds. The topological polar surface area (TPSA) is 109 Å². The molecule has 40 valence electrons. The third kappa shape index (κ3) is 97.3. The minimum atomic E-state index is -6.17. The number of hydrogen-bond donors (Lipinski definition) is 0. The summed E-state index contributed by atoms with van der Waals surface area (Å²) in [6.45, 7) is 0. The van der Waals surface area contributed by atoms with Gasteiger partial charge in [-0.1, -0.05) is 0 Å². The summed E-state index contributed by atoms with van der Waals surface area (Å²) >= 11 is -6.17. The van der Waals surface area contributed by atoms with Crippen LogP contribution in [0.2, 0.25) is 0 Å². The van der Waals surface area contributed by atoms with E-state index >= 15 is 0 Å². The molecule has 0 spiro atoms. The molecule has 0 unspecified atom stereocenters. The van der Waals surface area contributed by atoms with E-state index in [1.807, 2.05) is 0 Å². The van der Waals surface area contributed by atoms with Gasteiger partial charge in [0.2, 0.25) is 0 Å². The monoisotopic (exact) mass is 492 g/mol. The Morgan fingerprint density at radius 3 is 1.00 bits per heavy atom. The first-order valence-corrected chi connectivity index (χ1v) is 5.46. The number of rotatable bonds is 0. The Bertz CT molecular complexity index is 93.6. The van der Waals surface area contributed by atoms with Crippen molar-refractivity contribution in [3.63, 3.8) is 0 Å². The summed E-state index contributed by atoms with van der Waals surface area (Å²) in [5.41, 5.74) is 0. The van der Waals surface area contributed by atoms with Crippen LogP contribution in [0.15, 0.2) is 0 Å². The summed E-state index contributed by atoms with van der Waals surface area (Å²) in [5, 5.41) is 0. The maximum atomic E-state index is 8.65. The molecule has 0 aromatic heterocycles. The molecule has 0 aliphatic heterocycles. The zero-order chi connectivity index (χ0) is 4.50. The van der Waals surface area contributed by atoms with E-state index in [0.717, 1.165) is 0 Å². The Kier molecular flexibility index (Phi) is 25.3. The maximum absolute atomic E-state index is 8.65. The Labute approximate surface area is 89.8 Å². The molecule has 0 aromatic rings. The molecule has 0 fully saturated rings. The van der Waals surface area contributed by atoms with E-state index in [2.05, 4.69) is 0 Å². The second kappa shape index (κ2) is 9.01. The van der Waals surface area contributed by atoms with Crippen LogP contribution >= 0.6 is 0 Å². The van der Waals surface area contributed by atoms with Gasteiger partial charge in [-0.05, 0) is 0 Å². The van der Waals surface area contributed by atoms with Crippen LogP contribution in [0, 0.1) is 0 Å². The van der Waals surface area contributed by atoms with E-state index in [4.69, 9.17) is 14.3 Å². The fourth-order valence-electron chi connectivity index (χ4n) is 0. The fourth-order valence-corrected chi connectivity index (χ4v) is 0. The van der Waals surface area contributed by atoms with Crippen LogP contribution in [-0.2, 0) is 83.6 Å². The second-order valence-electron chi connectivity index (χ2n) is 0.408. The first kappa shape index (κ1) is 22.5. The van der Waals surface area contributed by atoms with Gasteiger partial charge in [0, 0.05) is 0 Å². The zero-order valence-corrected chi connectivity index (χ0v) is 14.9. The van der Waals surface area contributed by atoms with Crippen LogP contribution < -0.4 is 7.52 Å². The predicted octanol–water partition coefficient (Wildman–Crippen LogP) is -2.74. The van der Waals surface area contributed by atoms with Crippen molar-refractivity contribution in [1.82, 2.24) is 0 Å². The summed E-state index contributed by atoms with van der Waals surface area (Å²) in [6.07, 6.45) is 0. The van der Waals surface area contributed by atoms with E-state index in [1.165, 1.54) is 0 Å². The van der Waals surface area contributed by atoms with Crippen molar-refractivity contribution in [2.24, 2.45) is 0 Å².